The molecular formula is C12H24ClNO2S. The first-order chi connectivity index (χ1) is 7.94. The summed E-state index contributed by atoms with van der Waals surface area (Å²) in [6, 6.07) is 0.132. The van der Waals surface area contributed by atoms with E-state index >= 15 is 0 Å². The molecule has 0 radical (unpaired) electrons. The van der Waals surface area contributed by atoms with E-state index in [-0.39, 0.29) is 11.8 Å². The van der Waals surface area contributed by atoms with Crippen LogP contribution in [0.1, 0.15) is 46.0 Å². The molecule has 3 unspecified atom stereocenters. The molecular weight excluding hydrogens is 258 g/mol. The Labute approximate surface area is 110 Å². The largest absolute Gasteiger partial charge is 0.212 e. The fourth-order valence-corrected chi connectivity index (χ4v) is 4.22. The Kier molecular flexibility index (Phi) is 6.24. The number of hydrogen-bond acceptors (Lipinski definition) is 2. The third kappa shape index (κ3) is 5.58. The Hall–Kier alpha value is 0.200. The normalized spacial score (nSPS) is 30.4. The van der Waals surface area contributed by atoms with Gasteiger partial charge in [-0.1, -0.05) is 13.8 Å². The molecule has 0 aromatic carbocycles. The van der Waals surface area contributed by atoms with Crippen molar-refractivity contribution in [2.75, 3.05) is 11.6 Å². The monoisotopic (exact) mass is 281 g/mol. The summed E-state index contributed by atoms with van der Waals surface area (Å²) < 4.78 is 26.5. The van der Waals surface area contributed by atoms with E-state index in [1.807, 2.05) is 0 Å². The highest BCUT2D eigenvalue weighted by Gasteiger charge is 2.28. The summed E-state index contributed by atoms with van der Waals surface area (Å²) in [4.78, 5) is 0. The summed E-state index contributed by atoms with van der Waals surface area (Å²) >= 11 is 5.55. The van der Waals surface area contributed by atoms with Crippen LogP contribution in [0.3, 0.4) is 0 Å². The van der Waals surface area contributed by atoms with Crippen LogP contribution in [0.5, 0.6) is 0 Å². The van der Waals surface area contributed by atoms with E-state index in [0.717, 1.165) is 31.6 Å². The zero-order valence-electron chi connectivity index (χ0n) is 10.8. The molecule has 1 fully saturated rings. The lowest BCUT2D eigenvalue weighted by Gasteiger charge is -2.32. The van der Waals surface area contributed by atoms with E-state index in [2.05, 4.69) is 18.6 Å². The van der Waals surface area contributed by atoms with Gasteiger partial charge in [0, 0.05) is 11.9 Å². The molecule has 5 heteroatoms. The summed E-state index contributed by atoms with van der Waals surface area (Å²) in [5, 5.41) is 0. The molecule has 3 nitrogen and oxygen atoms in total. The minimum Gasteiger partial charge on any atom is -0.212 e. The highest BCUT2D eigenvalue weighted by molar-refractivity contribution is 7.89. The molecule has 1 N–H and O–H groups in total. The van der Waals surface area contributed by atoms with Crippen molar-refractivity contribution < 1.29 is 8.42 Å². The Morgan fingerprint density at radius 1 is 1.24 bits per heavy atom. The molecule has 1 rings (SSSR count). The van der Waals surface area contributed by atoms with Gasteiger partial charge in [-0.25, -0.2) is 13.1 Å². The van der Waals surface area contributed by atoms with Crippen molar-refractivity contribution in [2.45, 2.75) is 52.0 Å². The smallest absolute Gasteiger partial charge is 0.211 e. The maximum atomic E-state index is 11.8. The van der Waals surface area contributed by atoms with Crippen molar-refractivity contribution in [2.24, 2.45) is 11.8 Å². The van der Waals surface area contributed by atoms with Crippen LogP contribution >= 0.6 is 11.6 Å². The topological polar surface area (TPSA) is 46.2 Å². The summed E-state index contributed by atoms with van der Waals surface area (Å²) in [6.07, 6.45) is 4.63. The number of nitrogens with one attached hydrogen (secondary N) is 1. The Morgan fingerprint density at radius 2 is 1.94 bits per heavy atom. The molecule has 1 saturated carbocycles. The van der Waals surface area contributed by atoms with Crippen molar-refractivity contribution in [3.05, 3.63) is 0 Å². The molecule has 17 heavy (non-hydrogen) atoms. The average molecular weight is 282 g/mol. The molecule has 0 bridgehead atoms. The van der Waals surface area contributed by atoms with Gasteiger partial charge in [-0.15, -0.1) is 11.6 Å². The summed E-state index contributed by atoms with van der Waals surface area (Å²) in [5.41, 5.74) is 0. The van der Waals surface area contributed by atoms with Crippen LogP contribution in [0.15, 0.2) is 0 Å². The maximum absolute atomic E-state index is 11.8. The summed E-state index contributed by atoms with van der Waals surface area (Å²) in [6.45, 7) is 4.38. The second kappa shape index (κ2) is 6.95. The summed E-state index contributed by atoms with van der Waals surface area (Å²) in [5.74, 6) is 1.91. The molecule has 102 valence electrons. The number of sulfonamides is 1. The standard InChI is InChI=1S/C12H24ClNO2S/c1-10-5-6-12(11(2)9-10)14-17(15,16)8-4-3-7-13/h10-12,14H,3-9H2,1-2H3. The molecule has 0 spiro atoms. The number of halogens is 1. The van der Waals surface area contributed by atoms with Crippen molar-refractivity contribution in [3.63, 3.8) is 0 Å². The van der Waals surface area contributed by atoms with Crippen molar-refractivity contribution in [3.8, 4) is 0 Å². The van der Waals surface area contributed by atoms with E-state index in [4.69, 9.17) is 11.6 Å². The number of rotatable bonds is 6. The zero-order valence-corrected chi connectivity index (χ0v) is 12.4. The zero-order chi connectivity index (χ0) is 12.9. The Bertz CT molecular complexity index is 318. The third-order valence-electron chi connectivity index (χ3n) is 3.56. The quantitative estimate of drug-likeness (QED) is 0.601. The first kappa shape index (κ1) is 15.3. The molecule has 0 aromatic rings. The van der Waals surface area contributed by atoms with Gasteiger partial charge in [-0.05, 0) is 43.9 Å². The first-order valence-electron chi connectivity index (χ1n) is 6.50. The first-order valence-corrected chi connectivity index (χ1v) is 8.69. The van der Waals surface area contributed by atoms with Crippen LogP contribution in [0.4, 0.5) is 0 Å². The van der Waals surface area contributed by atoms with Gasteiger partial charge in [0.2, 0.25) is 10.0 Å². The van der Waals surface area contributed by atoms with E-state index in [9.17, 15) is 8.42 Å². The molecule has 1 aliphatic carbocycles. The van der Waals surface area contributed by atoms with Gasteiger partial charge in [0.1, 0.15) is 0 Å². The van der Waals surface area contributed by atoms with E-state index in [1.165, 1.54) is 0 Å². The summed E-state index contributed by atoms with van der Waals surface area (Å²) in [7, 11) is -3.11. The van der Waals surface area contributed by atoms with Crippen molar-refractivity contribution in [1.29, 1.82) is 0 Å². The van der Waals surface area contributed by atoms with Gasteiger partial charge in [0.15, 0.2) is 0 Å². The number of unbranched alkanes of at least 4 members (excludes halogenated alkanes) is 1. The van der Waals surface area contributed by atoms with Gasteiger partial charge in [-0.3, -0.25) is 0 Å². The lowest BCUT2D eigenvalue weighted by atomic mass is 9.80. The average Bonchev–Trinajstić information content (AvgIpc) is 2.22. The number of hydrogen-bond donors (Lipinski definition) is 1. The van der Waals surface area contributed by atoms with E-state index in [0.29, 0.717) is 18.2 Å². The molecule has 3 atom stereocenters. The second-order valence-corrected chi connectivity index (χ2v) is 7.59. The molecule has 0 saturated heterocycles. The fraction of sp³-hybridized carbons (Fsp3) is 1.00. The predicted octanol–water partition coefficient (Wildman–Crippen LogP) is 2.75. The number of alkyl halides is 1. The molecule has 0 amide bonds. The SMILES string of the molecule is CC1CCC(NS(=O)(=O)CCCCCl)C(C)C1. The molecule has 0 aliphatic heterocycles. The van der Waals surface area contributed by atoms with Crippen LogP contribution in [0.2, 0.25) is 0 Å². The minimum atomic E-state index is -3.11. The van der Waals surface area contributed by atoms with E-state index in [1.54, 1.807) is 0 Å². The lowest BCUT2D eigenvalue weighted by molar-refractivity contribution is 0.249. The van der Waals surface area contributed by atoms with Crippen LogP contribution in [-0.4, -0.2) is 26.1 Å². The Morgan fingerprint density at radius 3 is 2.53 bits per heavy atom. The van der Waals surface area contributed by atoms with Crippen LogP contribution in [0, 0.1) is 11.8 Å². The second-order valence-electron chi connectivity index (χ2n) is 5.33. The molecule has 0 aromatic heterocycles. The van der Waals surface area contributed by atoms with Crippen molar-refractivity contribution >= 4 is 21.6 Å². The lowest BCUT2D eigenvalue weighted by Crippen LogP contribution is -2.43. The third-order valence-corrected chi connectivity index (χ3v) is 5.31. The highest BCUT2D eigenvalue weighted by atomic mass is 35.5. The van der Waals surface area contributed by atoms with Crippen molar-refractivity contribution in [1.82, 2.24) is 4.72 Å². The Balaban J connectivity index is 2.41. The fourth-order valence-electron chi connectivity index (χ4n) is 2.52. The molecule has 1 aliphatic rings. The highest BCUT2D eigenvalue weighted by Crippen LogP contribution is 2.28. The van der Waals surface area contributed by atoms with Gasteiger partial charge in [0.25, 0.3) is 0 Å². The maximum Gasteiger partial charge on any atom is 0.211 e. The van der Waals surface area contributed by atoms with Gasteiger partial charge in [-0.2, -0.15) is 0 Å². The van der Waals surface area contributed by atoms with Gasteiger partial charge in [0.05, 0.1) is 5.75 Å². The van der Waals surface area contributed by atoms with Crippen LogP contribution in [-0.2, 0) is 10.0 Å². The predicted molar refractivity (Wildman–Crippen MR) is 72.8 cm³/mol. The van der Waals surface area contributed by atoms with Gasteiger partial charge >= 0.3 is 0 Å². The van der Waals surface area contributed by atoms with Crippen LogP contribution < -0.4 is 4.72 Å². The van der Waals surface area contributed by atoms with E-state index < -0.39 is 10.0 Å². The van der Waals surface area contributed by atoms with Gasteiger partial charge < -0.3 is 0 Å². The minimum absolute atomic E-state index is 0.132. The van der Waals surface area contributed by atoms with Crippen LogP contribution in [0.25, 0.3) is 0 Å². The molecule has 0 heterocycles.